The Bertz CT molecular complexity index is 812. The normalized spacial score (nSPS) is 19.0. The number of carbonyl (C=O) groups is 1. The van der Waals surface area contributed by atoms with Crippen LogP contribution in [-0.4, -0.2) is 37.6 Å². The number of primary sulfonamides is 1. The van der Waals surface area contributed by atoms with Crippen molar-refractivity contribution < 1.29 is 13.2 Å². The van der Waals surface area contributed by atoms with E-state index in [0.29, 0.717) is 13.0 Å². The summed E-state index contributed by atoms with van der Waals surface area (Å²) in [6.45, 7) is 0.710. The number of hydrogen-bond donors (Lipinski definition) is 1. The summed E-state index contributed by atoms with van der Waals surface area (Å²) < 4.78 is 22.7. The molecule has 2 aromatic rings. The number of likely N-dealkylation sites (tertiary alicyclic amines) is 1. The molecule has 1 amide bonds. The fraction of sp³-hybridized carbons (Fsp3) is 0.312. The molecule has 0 aromatic heterocycles. The summed E-state index contributed by atoms with van der Waals surface area (Å²) in [5.74, 6) is -0.140. The summed E-state index contributed by atoms with van der Waals surface area (Å²) in [6.07, 6.45) is 0.693. The molecule has 5 nitrogen and oxygen atoms in total. The monoisotopic (exact) mass is 318 g/mol. The first-order chi connectivity index (χ1) is 10.4. The summed E-state index contributed by atoms with van der Waals surface area (Å²) in [5.41, 5.74) is 1.16. The Hall–Kier alpha value is -1.92. The van der Waals surface area contributed by atoms with E-state index in [-0.39, 0.29) is 18.9 Å². The molecule has 22 heavy (non-hydrogen) atoms. The van der Waals surface area contributed by atoms with E-state index in [2.05, 4.69) is 18.2 Å². The summed E-state index contributed by atoms with van der Waals surface area (Å²) in [7, 11) is -3.65. The van der Waals surface area contributed by atoms with Gasteiger partial charge in [-0.05, 0) is 22.8 Å². The van der Waals surface area contributed by atoms with Gasteiger partial charge in [0.05, 0.1) is 0 Å². The summed E-state index contributed by atoms with van der Waals surface area (Å²) in [5, 5.41) is 6.70. The topological polar surface area (TPSA) is 80.5 Å². The largest absolute Gasteiger partial charge is 0.341 e. The molecule has 6 heteroatoms. The molecule has 0 aliphatic carbocycles. The molecule has 1 fully saturated rings. The van der Waals surface area contributed by atoms with Crippen molar-refractivity contribution in [3.8, 4) is 0 Å². The van der Waals surface area contributed by atoms with E-state index in [9.17, 15) is 13.2 Å². The highest BCUT2D eigenvalue weighted by molar-refractivity contribution is 7.89. The second kappa shape index (κ2) is 5.70. The van der Waals surface area contributed by atoms with Crippen molar-refractivity contribution in [2.45, 2.75) is 18.1 Å². The molecule has 0 radical (unpaired) electrons. The van der Waals surface area contributed by atoms with Gasteiger partial charge >= 0.3 is 0 Å². The lowest BCUT2D eigenvalue weighted by Gasteiger charge is -2.17. The first kappa shape index (κ1) is 15.0. The molecule has 2 aromatic carbocycles. The van der Waals surface area contributed by atoms with Crippen LogP contribution in [0.4, 0.5) is 0 Å². The number of nitrogens with zero attached hydrogens (tertiary/aromatic N) is 1. The van der Waals surface area contributed by atoms with E-state index in [1.54, 1.807) is 4.90 Å². The first-order valence-corrected chi connectivity index (χ1v) is 8.82. The highest BCUT2D eigenvalue weighted by Crippen LogP contribution is 2.21. The highest BCUT2D eigenvalue weighted by Gasteiger charge is 2.35. The van der Waals surface area contributed by atoms with Crippen LogP contribution >= 0.6 is 0 Å². The molecule has 1 saturated heterocycles. The maximum atomic E-state index is 11.9. The molecular formula is C16H18N2O3S. The molecule has 0 spiro atoms. The van der Waals surface area contributed by atoms with Crippen LogP contribution in [0.1, 0.15) is 12.0 Å². The third-order valence-corrected chi connectivity index (χ3v) is 5.42. The van der Waals surface area contributed by atoms with Crippen molar-refractivity contribution in [2.75, 3.05) is 13.1 Å². The number of hydrogen-bond acceptors (Lipinski definition) is 3. The number of fused-ring (bicyclic) bond motifs is 1. The molecule has 1 unspecified atom stereocenters. The van der Waals surface area contributed by atoms with Gasteiger partial charge in [-0.3, -0.25) is 4.79 Å². The van der Waals surface area contributed by atoms with Crippen LogP contribution in [0, 0.1) is 0 Å². The third-order valence-electron chi connectivity index (χ3n) is 4.17. The zero-order valence-corrected chi connectivity index (χ0v) is 12.9. The number of nitrogens with two attached hydrogens (primary N) is 1. The lowest BCUT2D eigenvalue weighted by Crippen LogP contribution is -2.33. The first-order valence-electron chi connectivity index (χ1n) is 7.21. The van der Waals surface area contributed by atoms with Crippen molar-refractivity contribution in [1.82, 2.24) is 4.90 Å². The molecule has 2 N–H and O–H groups in total. The van der Waals surface area contributed by atoms with Gasteiger partial charge in [-0.25, -0.2) is 13.6 Å². The molecule has 0 saturated carbocycles. The van der Waals surface area contributed by atoms with Crippen molar-refractivity contribution >= 4 is 26.7 Å². The second-order valence-corrected chi connectivity index (χ2v) is 7.49. The number of rotatable bonds is 4. The average molecular weight is 318 g/mol. The minimum atomic E-state index is -3.65. The molecule has 116 valence electrons. The zero-order valence-electron chi connectivity index (χ0n) is 12.1. The zero-order chi connectivity index (χ0) is 15.7. The van der Waals surface area contributed by atoms with E-state index in [1.165, 1.54) is 5.39 Å². The van der Waals surface area contributed by atoms with Gasteiger partial charge < -0.3 is 4.90 Å². The average Bonchev–Trinajstić information content (AvgIpc) is 2.86. The Balaban J connectivity index is 1.74. The standard InChI is InChI=1S/C16H18N2O3S/c17-22(20,21)14-10-16(19)18(11-14)9-8-13-6-3-5-12-4-1-2-7-15(12)13/h1-7,14H,8-11H2,(H2,17,20,21). The van der Waals surface area contributed by atoms with E-state index in [4.69, 9.17) is 5.14 Å². The Morgan fingerprint density at radius 1 is 1.14 bits per heavy atom. The van der Waals surface area contributed by atoms with E-state index in [0.717, 1.165) is 10.9 Å². The van der Waals surface area contributed by atoms with Gasteiger partial charge in [-0.1, -0.05) is 42.5 Å². The van der Waals surface area contributed by atoms with Crippen LogP contribution in [0.2, 0.25) is 0 Å². The molecule has 1 atom stereocenters. The molecular weight excluding hydrogens is 300 g/mol. The summed E-state index contributed by atoms with van der Waals surface area (Å²) in [6, 6.07) is 14.2. The van der Waals surface area contributed by atoms with E-state index < -0.39 is 15.3 Å². The number of amides is 1. The molecule has 0 bridgehead atoms. The lowest BCUT2D eigenvalue weighted by molar-refractivity contribution is -0.127. The SMILES string of the molecule is NS(=O)(=O)C1CC(=O)N(CCc2cccc3ccccc23)C1. The van der Waals surface area contributed by atoms with E-state index in [1.807, 2.05) is 24.3 Å². The maximum Gasteiger partial charge on any atom is 0.224 e. The highest BCUT2D eigenvalue weighted by atomic mass is 32.2. The van der Waals surface area contributed by atoms with Crippen molar-refractivity contribution in [3.63, 3.8) is 0 Å². The van der Waals surface area contributed by atoms with Crippen molar-refractivity contribution in [1.29, 1.82) is 0 Å². The minimum Gasteiger partial charge on any atom is -0.341 e. The Morgan fingerprint density at radius 2 is 1.86 bits per heavy atom. The number of sulfonamides is 1. The van der Waals surface area contributed by atoms with Crippen LogP contribution < -0.4 is 5.14 Å². The summed E-state index contributed by atoms with van der Waals surface area (Å²) in [4.78, 5) is 13.5. The van der Waals surface area contributed by atoms with Crippen molar-refractivity contribution in [3.05, 3.63) is 48.0 Å². The Kier molecular flexibility index (Phi) is 3.88. The van der Waals surface area contributed by atoms with Crippen molar-refractivity contribution in [2.24, 2.45) is 5.14 Å². The van der Waals surface area contributed by atoms with Gasteiger partial charge in [-0.2, -0.15) is 0 Å². The smallest absolute Gasteiger partial charge is 0.224 e. The molecule has 3 rings (SSSR count). The molecule has 1 aliphatic rings. The molecule has 1 aliphatic heterocycles. The van der Waals surface area contributed by atoms with Gasteiger partial charge in [0.15, 0.2) is 0 Å². The number of carbonyl (C=O) groups excluding carboxylic acids is 1. The van der Waals surface area contributed by atoms with Gasteiger partial charge in [0.1, 0.15) is 5.25 Å². The number of benzene rings is 2. The lowest BCUT2D eigenvalue weighted by atomic mass is 10.0. The molecule has 1 heterocycles. The fourth-order valence-electron chi connectivity index (χ4n) is 2.94. The van der Waals surface area contributed by atoms with E-state index >= 15 is 0 Å². The van der Waals surface area contributed by atoms with Crippen LogP contribution in [0.25, 0.3) is 10.8 Å². The Labute approximate surface area is 129 Å². The van der Waals surface area contributed by atoms with Gasteiger partial charge in [0.25, 0.3) is 0 Å². The van der Waals surface area contributed by atoms with Crippen LogP contribution in [0.3, 0.4) is 0 Å². The van der Waals surface area contributed by atoms with Gasteiger partial charge in [0.2, 0.25) is 15.9 Å². The van der Waals surface area contributed by atoms with Crippen LogP contribution in [0.15, 0.2) is 42.5 Å². The van der Waals surface area contributed by atoms with Gasteiger partial charge in [-0.15, -0.1) is 0 Å². The summed E-state index contributed by atoms with van der Waals surface area (Å²) >= 11 is 0. The fourth-order valence-corrected chi connectivity index (χ4v) is 3.70. The third kappa shape index (κ3) is 2.98. The van der Waals surface area contributed by atoms with Crippen LogP contribution in [0.5, 0.6) is 0 Å². The quantitative estimate of drug-likeness (QED) is 0.922. The van der Waals surface area contributed by atoms with Gasteiger partial charge in [0, 0.05) is 19.5 Å². The Morgan fingerprint density at radius 3 is 2.59 bits per heavy atom. The maximum absolute atomic E-state index is 11.9. The predicted molar refractivity (Wildman–Crippen MR) is 85.7 cm³/mol. The minimum absolute atomic E-state index is 0.00558. The predicted octanol–water partition coefficient (Wildman–Crippen LogP) is 1.27. The van der Waals surface area contributed by atoms with Crippen LogP contribution in [-0.2, 0) is 21.2 Å². The second-order valence-electron chi connectivity index (χ2n) is 5.64.